The molecule has 1 aliphatic carbocycles. The zero-order valence-electron chi connectivity index (χ0n) is 13.8. The lowest BCUT2D eigenvalue weighted by Crippen LogP contribution is -2.45. The van der Waals surface area contributed by atoms with E-state index in [0.717, 1.165) is 25.7 Å². The summed E-state index contributed by atoms with van der Waals surface area (Å²) in [5, 5.41) is 2.83. The van der Waals surface area contributed by atoms with Crippen LogP contribution in [0.15, 0.2) is 0 Å². The van der Waals surface area contributed by atoms with E-state index in [1.165, 1.54) is 6.42 Å². The summed E-state index contributed by atoms with van der Waals surface area (Å²) in [6.07, 6.45) is 6.10. The molecule has 2 amide bonds. The van der Waals surface area contributed by atoms with E-state index in [9.17, 15) is 9.59 Å². The van der Waals surface area contributed by atoms with Gasteiger partial charge in [0.15, 0.2) is 0 Å². The Bertz CT molecular complexity index is 349. The van der Waals surface area contributed by atoms with Gasteiger partial charge in [-0.1, -0.05) is 19.3 Å². The first kappa shape index (κ1) is 18.0. The molecule has 0 saturated heterocycles. The van der Waals surface area contributed by atoms with Gasteiger partial charge in [-0.15, -0.1) is 0 Å². The van der Waals surface area contributed by atoms with Gasteiger partial charge < -0.3 is 16.0 Å². The second-order valence-electron chi connectivity index (χ2n) is 6.57. The van der Waals surface area contributed by atoms with Crippen LogP contribution in [0, 0.1) is 5.41 Å². The van der Waals surface area contributed by atoms with Gasteiger partial charge in [-0.3, -0.25) is 9.59 Å². The van der Waals surface area contributed by atoms with E-state index < -0.39 is 0 Å². The van der Waals surface area contributed by atoms with E-state index in [2.05, 4.69) is 5.32 Å². The van der Waals surface area contributed by atoms with Gasteiger partial charge in [-0.2, -0.15) is 0 Å². The van der Waals surface area contributed by atoms with Gasteiger partial charge in [0.2, 0.25) is 11.8 Å². The van der Waals surface area contributed by atoms with Gasteiger partial charge in [0.25, 0.3) is 0 Å². The Morgan fingerprint density at radius 2 is 1.86 bits per heavy atom. The summed E-state index contributed by atoms with van der Waals surface area (Å²) >= 11 is 0. The molecule has 1 saturated carbocycles. The zero-order chi connectivity index (χ0) is 15.9. The molecule has 0 spiro atoms. The number of carbonyl (C=O) groups excluding carboxylic acids is 2. The lowest BCUT2D eigenvalue weighted by Gasteiger charge is -2.37. The molecule has 1 aliphatic rings. The Hall–Kier alpha value is -1.10. The molecular formula is C16H31N3O2. The van der Waals surface area contributed by atoms with Crippen LogP contribution < -0.4 is 11.1 Å². The van der Waals surface area contributed by atoms with Gasteiger partial charge in [0.05, 0.1) is 6.54 Å². The van der Waals surface area contributed by atoms with Crippen LogP contribution >= 0.6 is 0 Å². The molecule has 0 bridgehead atoms. The first-order chi connectivity index (χ1) is 9.92. The highest BCUT2D eigenvalue weighted by atomic mass is 16.2. The Kier molecular flexibility index (Phi) is 7.15. The third kappa shape index (κ3) is 5.65. The summed E-state index contributed by atoms with van der Waals surface area (Å²) in [4.78, 5) is 26.0. The van der Waals surface area contributed by atoms with Gasteiger partial charge in [0, 0.05) is 19.0 Å². The van der Waals surface area contributed by atoms with Crippen LogP contribution in [0.25, 0.3) is 0 Å². The largest absolute Gasteiger partial charge is 0.352 e. The highest BCUT2D eigenvalue weighted by Gasteiger charge is 2.34. The monoisotopic (exact) mass is 297 g/mol. The minimum Gasteiger partial charge on any atom is -0.352 e. The van der Waals surface area contributed by atoms with Crippen molar-refractivity contribution < 1.29 is 9.59 Å². The molecule has 1 rings (SSSR count). The predicted octanol–water partition coefficient (Wildman–Crippen LogP) is 1.66. The molecule has 21 heavy (non-hydrogen) atoms. The quantitative estimate of drug-likeness (QED) is 0.750. The van der Waals surface area contributed by atoms with Crippen molar-refractivity contribution in [3.05, 3.63) is 0 Å². The van der Waals surface area contributed by atoms with Gasteiger partial charge in [-0.25, -0.2) is 0 Å². The van der Waals surface area contributed by atoms with Crippen LogP contribution in [0.3, 0.4) is 0 Å². The fraction of sp³-hybridized carbons (Fsp3) is 0.875. The first-order valence-electron chi connectivity index (χ1n) is 8.19. The Labute approximate surface area is 128 Å². The molecule has 1 fully saturated rings. The van der Waals surface area contributed by atoms with Crippen molar-refractivity contribution in [3.63, 3.8) is 0 Å². The SMILES string of the molecule is CCN(CC(=O)NC(C)C)C(=O)CC1(CN)CCCCC1. The molecule has 0 radical (unpaired) electrons. The van der Waals surface area contributed by atoms with Gasteiger partial charge in [0.1, 0.15) is 0 Å². The van der Waals surface area contributed by atoms with Gasteiger partial charge >= 0.3 is 0 Å². The molecule has 0 aromatic carbocycles. The second kappa shape index (κ2) is 8.37. The molecule has 0 heterocycles. The van der Waals surface area contributed by atoms with Crippen molar-refractivity contribution in [2.45, 2.75) is 65.3 Å². The Morgan fingerprint density at radius 3 is 2.33 bits per heavy atom. The van der Waals surface area contributed by atoms with E-state index in [0.29, 0.717) is 19.5 Å². The average Bonchev–Trinajstić information content (AvgIpc) is 2.44. The van der Waals surface area contributed by atoms with Crippen molar-refractivity contribution in [3.8, 4) is 0 Å². The number of likely N-dealkylation sites (N-methyl/N-ethyl adjacent to an activating group) is 1. The van der Waals surface area contributed by atoms with Crippen molar-refractivity contribution in [1.82, 2.24) is 10.2 Å². The molecule has 0 aromatic rings. The Balaban J connectivity index is 2.59. The lowest BCUT2D eigenvalue weighted by molar-refractivity contribution is -0.138. The normalized spacial score (nSPS) is 17.6. The third-order valence-corrected chi connectivity index (χ3v) is 4.39. The van der Waals surface area contributed by atoms with Crippen molar-refractivity contribution >= 4 is 11.8 Å². The fourth-order valence-corrected chi connectivity index (χ4v) is 3.10. The van der Waals surface area contributed by atoms with E-state index in [1.54, 1.807) is 4.90 Å². The first-order valence-corrected chi connectivity index (χ1v) is 8.19. The van der Waals surface area contributed by atoms with Crippen LogP contribution in [0.5, 0.6) is 0 Å². The summed E-state index contributed by atoms with van der Waals surface area (Å²) in [5.74, 6) is -0.0330. The summed E-state index contributed by atoms with van der Waals surface area (Å²) < 4.78 is 0. The fourth-order valence-electron chi connectivity index (χ4n) is 3.10. The van der Waals surface area contributed by atoms with Crippen LogP contribution in [0.4, 0.5) is 0 Å². The maximum Gasteiger partial charge on any atom is 0.239 e. The van der Waals surface area contributed by atoms with E-state index in [4.69, 9.17) is 5.73 Å². The predicted molar refractivity (Wildman–Crippen MR) is 84.7 cm³/mol. The van der Waals surface area contributed by atoms with E-state index >= 15 is 0 Å². The highest BCUT2D eigenvalue weighted by molar-refractivity contribution is 5.85. The molecule has 0 aromatic heterocycles. The smallest absolute Gasteiger partial charge is 0.239 e. The lowest BCUT2D eigenvalue weighted by atomic mass is 9.71. The molecule has 0 aliphatic heterocycles. The number of hydrogen-bond acceptors (Lipinski definition) is 3. The summed E-state index contributed by atoms with van der Waals surface area (Å²) in [5.41, 5.74) is 5.90. The summed E-state index contributed by atoms with van der Waals surface area (Å²) in [6, 6.07) is 0.0973. The van der Waals surface area contributed by atoms with Crippen LogP contribution in [0.1, 0.15) is 59.3 Å². The molecule has 0 unspecified atom stereocenters. The standard InChI is InChI=1S/C16H31N3O2/c1-4-19(11-14(20)18-13(2)3)15(21)10-16(12-17)8-6-5-7-9-16/h13H,4-12,17H2,1-3H3,(H,18,20). The Morgan fingerprint density at radius 1 is 1.24 bits per heavy atom. The summed E-state index contributed by atoms with van der Waals surface area (Å²) in [6.45, 7) is 7.02. The zero-order valence-corrected chi connectivity index (χ0v) is 13.8. The van der Waals surface area contributed by atoms with Crippen molar-refractivity contribution in [2.24, 2.45) is 11.1 Å². The topological polar surface area (TPSA) is 75.4 Å². The van der Waals surface area contributed by atoms with Gasteiger partial charge in [-0.05, 0) is 45.6 Å². The molecule has 0 atom stereocenters. The number of carbonyl (C=O) groups is 2. The molecule has 122 valence electrons. The maximum atomic E-state index is 12.5. The number of nitrogens with zero attached hydrogens (tertiary/aromatic N) is 1. The highest BCUT2D eigenvalue weighted by Crippen LogP contribution is 2.38. The van der Waals surface area contributed by atoms with Crippen LogP contribution in [-0.2, 0) is 9.59 Å². The molecular weight excluding hydrogens is 266 g/mol. The number of rotatable bonds is 7. The maximum absolute atomic E-state index is 12.5. The van der Waals surface area contributed by atoms with Crippen LogP contribution in [-0.4, -0.2) is 42.4 Å². The third-order valence-electron chi connectivity index (χ3n) is 4.39. The summed E-state index contributed by atoms with van der Waals surface area (Å²) in [7, 11) is 0. The number of nitrogens with two attached hydrogens (primary N) is 1. The van der Waals surface area contributed by atoms with E-state index in [-0.39, 0.29) is 29.8 Å². The van der Waals surface area contributed by atoms with E-state index in [1.807, 2.05) is 20.8 Å². The second-order valence-corrected chi connectivity index (χ2v) is 6.57. The molecule has 3 N–H and O–H groups in total. The average molecular weight is 297 g/mol. The number of hydrogen-bond donors (Lipinski definition) is 2. The number of nitrogens with one attached hydrogen (secondary N) is 1. The molecule has 5 heteroatoms. The van der Waals surface area contributed by atoms with Crippen molar-refractivity contribution in [1.29, 1.82) is 0 Å². The minimum atomic E-state index is -0.0920. The molecule has 5 nitrogen and oxygen atoms in total. The number of amides is 2. The van der Waals surface area contributed by atoms with Crippen LogP contribution in [0.2, 0.25) is 0 Å². The minimum absolute atomic E-state index is 0.0444. The van der Waals surface area contributed by atoms with Crippen molar-refractivity contribution in [2.75, 3.05) is 19.6 Å².